The lowest BCUT2D eigenvalue weighted by atomic mass is 9.89. The summed E-state index contributed by atoms with van der Waals surface area (Å²) in [4.78, 5) is 0. The van der Waals surface area contributed by atoms with E-state index < -0.39 is 0 Å². The Morgan fingerprint density at radius 3 is 2.00 bits per heavy atom. The lowest BCUT2D eigenvalue weighted by Gasteiger charge is -2.20. The molecule has 0 bridgehead atoms. The molecule has 0 amide bonds. The minimum absolute atomic E-state index is 0.687. The molecule has 1 heterocycles. The van der Waals surface area contributed by atoms with Gasteiger partial charge in [-0.05, 0) is 19.8 Å². The third-order valence-corrected chi connectivity index (χ3v) is 4.87. The largest absolute Gasteiger partial charge is 0.257 e. The fourth-order valence-corrected chi connectivity index (χ4v) is 3.72. The molecule has 0 N–H and O–H groups in total. The van der Waals surface area contributed by atoms with Crippen LogP contribution in [0, 0.1) is 5.92 Å². The van der Waals surface area contributed by atoms with Gasteiger partial charge in [0.25, 0.3) is 0 Å². The Kier molecular flexibility index (Phi) is 4.44. The third-order valence-electron chi connectivity index (χ3n) is 4.87. The predicted molar refractivity (Wildman–Crippen MR) is 85.4 cm³/mol. The van der Waals surface area contributed by atoms with Gasteiger partial charge in [-0.25, -0.2) is 0 Å². The molecule has 1 heteroatoms. The standard InChI is InChI=1S/C19H26N/c1-15-17-13-9-10-14-18(17)19(20-15)16-11-7-5-3-2-4-6-8-12-16/h9-10,13-14,16H,2-8,11-12H2,1H3. The molecule has 1 radical (unpaired) electrons. The number of nitrogens with zero attached hydrogens (tertiary/aromatic N) is 1. The van der Waals surface area contributed by atoms with Crippen LogP contribution in [0.25, 0.3) is 11.4 Å². The van der Waals surface area contributed by atoms with Crippen LogP contribution in [0.4, 0.5) is 0 Å². The molecular formula is C19H26N. The molecule has 0 atom stereocenters. The highest BCUT2D eigenvalue weighted by molar-refractivity contribution is 5.63. The van der Waals surface area contributed by atoms with Gasteiger partial charge in [-0.1, -0.05) is 69.2 Å². The van der Waals surface area contributed by atoms with E-state index in [0.717, 1.165) is 0 Å². The number of benzene rings is 1. The zero-order valence-electron chi connectivity index (χ0n) is 12.7. The van der Waals surface area contributed by atoms with E-state index in [9.17, 15) is 0 Å². The maximum atomic E-state index is 4.94. The minimum Gasteiger partial charge on any atom is -0.257 e. The summed E-state index contributed by atoms with van der Waals surface area (Å²) in [5, 5.41) is 7.71. The van der Waals surface area contributed by atoms with Crippen molar-refractivity contribution in [3.05, 3.63) is 34.7 Å². The quantitative estimate of drug-likeness (QED) is 0.737. The van der Waals surface area contributed by atoms with Crippen LogP contribution in [0.5, 0.6) is 0 Å². The molecule has 107 valence electrons. The molecule has 1 aliphatic carbocycles. The highest BCUT2D eigenvalue weighted by Gasteiger charge is 2.21. The van der Waals surface area contributed by atoms with Gasteiger partial charge < -0.3 is 0 Å². The van der Waals surface area contributed by atoms with Crippen LogP contribution in [-0.2, 0) is 0 Å². The molecule has 1 aliphatic heterocycles. The van der Waals surface area contributed by atoms with E-state index in [-0.39, 0.29) is 0 Å². The van der Waals surface area contributed by atoms with Crippen LogP contribution >= 0.6 is 0 Å². The Morgan fingerprint density at radius 2 is 1.35 bits per heavy atom. The normalized spacial score (nSPS) is 21.4. The van der Waals surface area contributed by atoms with Crippen molar-refractivity contribution in [1.29, 1.82) is 0 Å². The lowest BCUT2D eigenvalue weighted by molar-refractivity contribution is 0.445. The van der Waals surface area contributed by atoms with Crippen molar-refractivity contribution in [2.45, 2.75) is 64.7 Å². The molecule has 0 saturated heterocycles. The van der Waals surface area contributed by atoms with Crippen molar-refractivity contribution < 1.29 is 0 Å². The second kappa shape index (κ2) is 6.47. The first-order valence-corrected chi connectivity index (χ1v) is 8.38. The van der Waals surface area contributed by atoms with Crippen molar-refractivity contribution in [2.75, 3.05) is 0 Å². The second-order valence-corrected chi connectivity index (χ2v) is 6.38. The van der Waals surface area contributed by atoms with Gasteiger partial charge in [-0.2, -0.15) is 0 Å². The summed E-state index contributed by atoms with van der Waals surface area (Å²) in [6.07, 6.45) is 12.6. The molecule has 0 aromatic heterocycles. The summed E-state index contributed by atoms with van der Waals surface area (Å²) in [5.41, 5.74) is 2.60. The molecule has 1 fully saturated rings. The number of hydrogen-bond donors (Lipinski definition) is 0. The first kappa shape index (κ1) is 13.7. The van der Waals surface area contributed by atoms with Gasteiger partial charge in [0.05, 0.1) is 5.70 Å². The van der Waals surface area contributed by atoms with Gasteiger partial charge >= 0.3 is 0 Å². The molecule has 20 heavy (non-hydrogen) atoms. The van der Waals surface area contributed by atoms with Crippen molar-refractivity contribution in [2.24, 2.45) is 5.92 Å². The smallest absolute Gasteiger partial charge is 0.0516 e. The van der Waals surface area contributed by atoms with Crippen molar-refractivity contribution in [1.82, 2.24) is 5.32 Å². The molecule has 3 rings (SSSR count). The van der Waals surface area contributed by atoms with Crippen molar-refractivity contribution in [3.63, 3.8) is 0 Å². The Morgan fingerprint density at radius 1 is 0.800 bits per heavy atom. The number of fused-ring (bicyclic) bond motifs is 1. The molecule has 1 aromatic carbocycles. The summed E-state index contributed by atoms with van der Waals surface area (Å²) in [6.45, 7) is 2.16. The van der Waals surface area contributed by atoms with Gasteiger partial charge in [-0.15, -0.1) is 0 Å². The second-order valence-electron chi connectivity index (χ2n) is 6.38. The van der Waals surface area contributed by atoms with Gasteiger partial charge in [0.1, 0.15) is 0 Å². The first-order valence-electron chi connectivity index (χ1n) is 8.38. The summed E-state index contributed by atoms with van der Waals surface area (Å²) < 4.78 is 0. The Balaban J connectivity index is 1.87. The van der Waals surface area contributed by atoms with Crippen molar-refractivity contribution >= 4 is 11.4 Å². The van der Waals surface area contributed by atoms with Crippen LogP contribution in [0.1, 0.15) is 64.7 Å². The average molecular weight is 268 g/mol. The van der Waals surface area contributed by atoms with Gasteiger partial charge in [-0.3, -0.25) is 5.32 Å². The highest BCUT2D eigenvalue weighted by Crippen LogP contribution is 2.28. The van der Waals surface area contributed by atoms with Gasteiger partial charge in [0.15, 0.2) is 0 Å². The zero-order chi connectivity index (χ0) is 13.8. The maximum absolute atomic E-state index is 4.94. The van der Waals surface area contributed by atoms with E-state index in [1.807, 2.05) is 0 Å². The Hall–Kier alpha value is -1.24. The fourth-order valence-electron chi connectivity index (χ4n) is 3.72. The van der Waals surface area contributed by atoms with E-state index in [1.165, 1.54) is 79.6 Å². The summed E-state index contributed by atoms with van der Waals surface area (Å²) in [6, 6.07) is 8.78. The van der Waals surface area contributed by atoms with E-state index >= 15 is 0 Å². The van der Waals surface area contributed by atoms with E-state index in [4.69, 9.17) is 5.32 Å². The maximum Gasteiger partial charge on any atom is 0.0516 e. The van der Waals surface area contributed by atoms with E-state index in [1.54, 1.807) is 0 Å². The molecular weight excluding hydrogens is 242 g/mol. The summed E-state index contributed by atoms with van der Waals surface area (Å²) in [7, 11) is 0. The van der Waals surface area contributed by atoms with Crippen LogP contribution < -0.4 is 15.8 Å². The zero-order valence-corrected chi connectivity index (χ0v) is 12.7. The van der Waals surface area contributed by atoms with Crippen LogP contribution in [-0.4, -0.2) is 0 Å². The average Bonchev–Trinajstić information content (AvgIpc) is 2.82. The van der Waals surface area contributed by atoms with Gasteiger partial charge in [0, 0.05) is 22.1 Å². The summed E-state index contributed by atoms with van der Waals surface area (Å²) in [5.74, 6) is 0.687. The highest BCUT2D eigenvalue weighted by atomic mass is 14.9. The van der Waals surface area contributed by atoms with Gasteiger partial charge in [0.2, 0.25) is 0 Å². The topological polar surface area (TPSA) is 14.1 Å². The third kappa shape index (κ3) is 2.92. The molecule has 2 aliphatic rings. The Bertz CT molecular complexity index is 560. The minimum atomic E-state index is 0.687. The fraction of sp³-hybridized carbons (Fsp3) is 0.579. The summed E-state index contributed by atoms with van der Waals surface area (Å²) >= 11 is 0. The number of hydrogen-bond acceptors (Lipinski definition) is 0. The Labute approximate surface area is 122 Å². The number of rotatable bonds is 1. The first-order chi connectivity index (χ1) is 9.86. The molecule has 0 spiro atoms. The molecule has 1 saturated carbocycles. The van der Waals surface area contributed by atoms with E-state index in [2.05, 4.69) is 31.2 Å². The molecule has 1 aromatic rings. The van der Waals surface area contributed by atoms with Crippen LogP contribution in [0.2, 0.25) is 0 Å². The van der Waals surface area contributed by atoms with Crippen LogP contribution in [0.15, 0.2) is 24.3 Å². The molecule has 1 nitrogen and oxygen atoms in total. The lowest BCUT2D eigenvalue weighted by Crippen LogP contribution is -2.25. The van der Waals surface area contributed by atoms with Crippen molar-refractivity contribution in [3.8, 4) is 0 Å². The predicted octanol–water partition coefficient (Wildman–Crippen LogP) is 3.68. The van der Waals surface area contributed by atoms with Crippen LogP contribution in [0.3, 0.4) is 0 Å². The molecule has 0 unspecified atom stereocenters. The monoisotopic (exact) mass is 268 g/mol. The SMILES string of the molecule is CC1=c2ccccc2=C(C2CCCCCCCCC2)[N]1. The van der Waals surface area contributed by atoms with E-state index in [0.29, 0.717) is 5.92 Å².